The molecule has 1 aliphatic rings. The zero-order valence-electron chi connectivity index (χ0n) is 11.7. The van der Waals surface area contributed by atoms with E-state index in [0.29, 0.717) is 13.2 Å². The standard InChI is InChI=1S/C15H21NO3/c1-10-4-5-11(2)13(8-10)12(3)16-6-7-19-9-14(16)15(17)18/h4-5,8,12,14H,6-7,9H2,1-3H3,(H,17,18). The Morgan fingerprint density at radius 1 is 1.47 bits per heavy atom. The molecule has 4 heteroatoms. The van der Waals surface area contributed by atoms with Crippen LogP contribution in [0.5, 0.6) is 0 Å². The Morgan fingerprint density at radius 2 is 2.21 bits per heavy atom. The highest BCUT2D eigenvalue weighted by atomic mass is 16.5. The van der Waals surface area contributed by atoms with E-state index in [-0.39, 0.29) is 12.6 Å². The number of ether oxygens (including phenoxy) is 1. The fraction of sp³-hybridized carbons (Fsp3) is 0.533. The van der Waals surface area contributed by atoms with Crippen molar-refractivity contribution in [2.75, 3.05) is 19.8 Å². The average molecular weight is 263 g/mol. The first-order chi connectivity index (χ1) is 9.00. The lowest BCUT2D eigenvalue weighted by atomic mass is 9.97. The molecule has 1 fully saturated rings. The smallest absolute Gasteiger partial charge is 0.323 e. The van der Waals surface area contributed by atoms with Gasteiger partial charge in [0.05, 0.1) is 13.2 Å². The lowest BCUT2D eigenvalue weighted by Crippen LogP contribution is -2.50. The minimum atomic E-state index is -0.808. The van der Waals surface area contributed by atoms with Gasteiger partial charge >= 0.3 is 5.97 Å². The highest BCUT2D eigenvalue weighted by Crippen LogP contribution is 2.27. The van der Waals surface area contributed by atoms with Gasteiger partial charge in [0.15, 0.2) is 0 Å². The molecule has 19 heavy (non-hydrogen) atoms. The van der Waals surface area contributed by atoms with Crippen molar-refractivity contribution >= 4 is 5.97 Å². The van der Waals surface area contributed by atoms with E-state index >= 15 is 0 Å². The van der Waals surface area contributed by atoms with E-state index < -0.39 is 12.0 Å². The Morgan fingerprint density at radius 3 is 2.89 bits per heavy atom. The van der Waals surface area contributed by atoms with E-state index in [4.69, 9.17) is 4.74 Å². The van der Waals surface area contributed by atoms with Crippen LogP contribution in [0.4, 0.5) is 0 Å². The van der Waals surface area contributed by atoms with Crippen LogP contribution < -0.4 is 0 Å². The molecule has 0 aromatic heterocycles. The zero-order chi connectivity index (χ0) is 14.0. The van der Waals surface area contributed by atoms with Gasteiger partial charge in [0, 0.05) is 12.6 Å². The number of aliphatic carboxylic acids is 1. The number of morpholine rings is 1. The fourth-order valence-electron chi connectivity index (χ4n) is 2.68. The highest BCUT2D eigenvalue weighted by molar-refractivity contribution is 5.73. The van der Waals surface area contributed by atoms with Crippen molar-refractivity contribution < 1.29 is 14.6 Å². The molecule has 0 amide bonds. The van der Waals surface area contributed by atoms with Crippen LogP contribution in [0.2, 0.25) is 0 Å². The zero-order valence-corrected chi connectivity index (χ0v) is 11.7. The Labute approximate surface area is 114 Å². The monoisotopic (exact) mass is 263 g/mol. The Bertz CT molecular complexity index is 472. The van der Waals surface area contributed by atoms with Crippen molar-refractivity contribution in [2.24, 2.45) is 0 Å². The number of aryl methyl sites for hydroxylation is 2. The predicted octanol–water partition coefficient (Wildman–Crippen LogP) is 2.15. The van der Waals surface area contributed by atoms with Gasteiger partial charge in [-0.15, -0.1) is 0 Å². The van der Waals surface area contributed by atoms with Gasteiger partial charge in [-0.1, -0.05) is 23.8 Å². The van der Waals surface area contributed by atoms with E-state index in [1.165, 1.54) is 16.7 Å². The van der Waals surface area contributed by atoms with Gasteiger partial charge in [0.1, 0.15) is 6.04 Å². The maximum Gasteiger partial charge on any atom is 0.323 e. The number of carbonyl (C=O) groups is 1. The summed E-state index contributed by atoms with van der Waals surface area (Å²) in [6.07, 6.45) is 0. The number of nitrogens with zero attached hydrogens (tertiary/aromatic N) is 1. The molecule has 1 saturated heterocycles. The van der Waals surface area contributed by atoms with Gasteiger partial charge in [-0.3, -0.25) is 9.69 Å². The maximum atomic E-state index is 11.3. The fourth-order valence-corrected chi connectivity index (χ4v) is 2.68. The Balaban J connectivity index is 2.28. The van der Waals surface area contributed by atoms with Gasteiger partial charge in [0.2, 0.25) is 0 Å². The molecule has 2 rings (SSSR count). The minimum absolute atomic E-state index is 0.0879. The van der Waals surface area contributed by atoms with Gasteiger partial charge in [-0.05, 0) is 31.9 Å². The number of rotatable bonds is 3. The molecule has 0 radical (unpaired) electrons. The first-order valence-electron chi connectivity index (χ1n) is 6.64. The third kappa shape index (κ3) is 2.96. The second kappa shape index (κ2) is 5.72. The van der Waals surface area contributed by atoms with E-state index in [2.05, 4.69) is 39.0 Å². The van der Waals surface area contributed by atoms with Crippen molar-refractivity contribution in [3.05, 3.63) is 34.9 Å². The Hall–Kier alpha value is -1.39. The molecule has 1 aromatic rings. The summed E-state index contributed by atoms with van der Waals surface area (Å²) in [5.74, 6) is -0.808. The van der Waals surface area contributed by atoms with Crippen molar-refractivity contribution in [3.63, 3.8) is 0 Å². The molecule has 2 atom stereocenters. The van der Waals surface area contributed by atoms with E-state index in [1.807, 2.05) is 4.90 Å². The van der Waals surface area contributed by atoms with Crippen molar-refractivity contribution in [1.82, 2.24) is 4.90 Å². The largest absolute Gasteiger partial charge is 0.480 e. The van der Waals surface area contributed by atoms with Crippen LogP contribution in [0.3, 0.4) is 0 Å². The van der Waals surface area contributed by atoms with Crippen LogP contribution >= 0.6 is 0 Å². The summed E-state index contributed by atoms with van der Waals surface area (Å²) in [7, 11) is 0. The first kappa shape index (κ1) is 14.0. The lowest BCUT2D eigenvalue weighted by Gasteiger charge is -2.38. The summed E-state index contributed by atoms with van der Waals surface area (Å²) >= 11 is 0. The molecule has 4 nitrogen and oxygen atoms in total. The molecule has 0 aliphatic carbocycles. The molecule has 1 N–H and O–H groups in total. The van der Waals surface area contributed by atoms with Gasteiger partial charge in [-0.25, -0.2) is 0 Å². The molecule has 1 aromatic carbocycles. The molecule has 1 heterocycles. The number of hydrogen-bond acceptors (Lipinski definition) is 3. The summed E-state index contributed by atoms with van der Waals surface area (Å²) < 4.78 is 5.29. The summed E-state index contributed by atoms with van der Waals surface area (Å²) in [5.41, 5.74) is 3.61. The van der Waals surface area contributed by atoms with Crippen LogP contribution in [-0.4, -0.2) is 41.8 Å². The second-order valence-corrected chi connectivity index (χ2v) is 5.20. The first-order valence-corrected chi connectivity index (χ1v) is 6.64. The van der Waals surface area contributed by atoms with Crippen LogP contribution in [0, 0.1) is 13.8 Å². The summed E-state index contributed by atoms with van der Waals surface area (Å²) in [5, 5.41) is 9.31. The Kier molecular flexibility index (Phi) is 4.22. The average Bonchev–Trinajstić information content (AvgIpc) is 2.40. The molecule has 0 bridgehead atoms. The van der Waals surface area contributed by atoms with Crippen LogP contribution in [0.15, 0.2) is 18.2 Å². The third-order valence-electron chi connectivity index (χ3n) is 3.84. The quantitative estimate of drug-likeness (QED) is 0.908. The molecule has 0 spiro atoms. The number of carboxylic acids is 1. The SMILES string of the molecule is Cc1ccc(C)c(C(C)N2CCOCC2C(=O)O)c1. The van der Waals surface area contributed by atoms with E-state index in [0.717, 1.165) is 0 Å². The van der Waals surface area contributed by atoms with E-state index in [9.17, 15) is 9.90 Å². The molecule has 1 aliphatic heterocycles. The van der Waals surface area contributed by atoms with Crippen LogP contribution in [0.1, 0.15) is 29.7 Å². The molecule has 0 saturated carbocycles. The van der Waals surface area contributed by atoms with Gasteiger partial charge in [-0.2, -0.15) is 0 Å². The summed E-state index contributed by atoms with van der Waals surface area (Å²) in [4.78, 5) is 13.4. The maximum absolute atomic E-state index is 11.3. The minimum Gasteiger partial charge on any atom is -0.480 e. The molecular weight excluding hydrogens is 242 g/mol. The number of benzene rings is 1. The second-order valence-electron chi connectivity index (χ2n) is 5.20. The van der Waals surface area contributed by atoms with Gasteiger partial charge < -0.3 is 9.84 Å². The highest BCUT2D eigenvalue weighted by Gasteiger charge is 2.33. The molecular formula is C15H21NO3. The van der Waals surface area contributed by atoms with Crippen LogP contribution in [-0.2, 0) is 9.53 Å². The topological polar surface area (TPSA) is 49.8 Å². The van der Waals surface area contributed by atoms with Gasteiger partial charge in [0.25, 0.3) is 0 Å². The molecule has 104 valence electrons. The number of carboxylic acid groups (broad SMARTS) is 1. The number of hydrogen-bond donors (Lipinski definition) is 1. The lowest BCUT2D eigenvalue weighted by molar-refractivity contribution is -0.151. The summed E-state index contributed by atoms with van der Waals surface area (Å²) in [6, 6.07) is 5.86. The normalized spacial score (nSPS) is 22.2. The van der Waals surface area contributed by atoms with Crippen molar-refractivity contribution in [2.45, 2.75) is 32.9 Å². The predicted molar refractivity (Wildman–Crippen MR) is 73.3 cm³/mol. The van der Waals surface area contributed by atoms with Crippen LogP contribution in [0.25, 0.3) is 0 Å². The molecule has 2 unspecified atom stereocenters. The van der Waals surface area contributed by atoms with E-state index in [1.54, 1.807) is 0 Å². The van der Waals surface area contributed by atoms with Crippen molar-refractivity contribution in [3.8, 4) is 0 Å². The third-order valence-corrected chi connectivity index (χ3v) is 3.84. The van der Waals surface area contributed by atoms with Crippen molar-refractivity contribution in [1.29, 1.82) is 0 Å². The summed E-state index contributed by atoms with van der Waals surface area (Å²) in [6.45, 7) is 7.73.